The Hall–Kier alpha value is -1.49. The Labute approximate surface area is 166 Å². The predicted octanol–water partition coefficient (Wildman–Crippen LogP) is 3.24. The van der Waals surface area contributed by atoms with Crippen LogP contribution in [0.25, 0.3) is 0 Å². The second-order valence-corrected chi connectivity index (χ2v) is 10.0. The highest BCUT2D eigenvalue weighted by molar-refractivity contribution is 5.91. The highest BCUT2D eigenvalue weighted by Gasteiger charge is 2.63. The highest BCUT2D eigenvalue weighted by atomic mass is 16.5. The monoisotopic (exact) mass is 388 g/mol. The van der Waals surface area contributed by atoms with Gasteiger partial charge in [-0.1, -0.05) is 19.4 Å². The van der Waals surface area contributed by atoms with Crippen LogP contribution in [0.2, 0.25) is 0 Å². The number of hydrogen-bond donors (Lipinski definition) is 1. The molecule has 0 aromatic carbocycles. The van der Waals surface area contributed by atoms with Gasteiger partial charge in [-0.3, -0.25) is 14.4 Å². The van der Waals surface area contributed by atoms with Crippen LogP contribution in [-0.4, -0.2) is 35.4 Å². The fourth-order valence-electron chi connectivity index (χ4n) is 7.40. The van der Waals surface area contributed by atoms with E-state index in [-0.39, 0.29) is 40.8 Å². The number of rotatable bonds is 3. The Kier molecular flexibility index (Phi) is 4.80. The molecule has 0 saturated heterocycles. The molecular weight excluding hydrogens is 356 g/mol. The summed E-state index contributed by atoms with van der Waals surface area (Å²) in [7, 11) is 0. The van der Waals surface area contributed by atoms with E-state index in [0.29, 0.717) is 24.7 Å². The molecule has 4 rings (SSSR count). The lowest BCUT2D eigenvalue weighted by atomic mass is 9.46. The van der Waals surface area contributed by atoms with Gasteiger partial charge in [0.25, 0.3) is 0 Å². The number of hydrogen-bond acceptors (Lipinski definition) is 5. The summed E-state index contributed by atoms with van der Waals surface area (Å²) >= 11 is 0. The molecule has 7 atom stereocenters. The predicted molar refractivity (Wildman–Crippen MR) is 103 cm³/mol. The average molecular weight is 389 g/mol. The van der Waals surface area contributed by atoms with Gasteiger partial charge in [-0.25, -0.2) is 0 Å². The number of esters is 1. The summed E-state index contributed by atoms with van der Waals surface area (Å²) in [5, 5.41) is 11.0. The van der Waals surface area contributed by atoms with Crippen molar-refractivity contribution in [2.45, 2.75) is 71.8 Å². The summed E-state index contributed by atoms with van der Waals surface area (Å²) in [5.41, 5.74) is 1.13. The first-order valence-corrected chi connectivity index (χ1v) is 10.7. The third-order valence-corrected chi connectivity index (χ3v) is 8.75. The molecule has 3 saturated carbocycles. The molecule has 5 heteroatoms. The molecule has 1 unspecified atom stereocenters. The summed E-state index contributed by atoms with van der Waals surface area (Å²) < 4.78 is 4.97. The van der Waals surface area contributed by atoms with Gasteiger partial charge in [0.2, 0.25) is 0 Å². The van der Waals surface area contributed by atoms with Crippen LogP contribution < -0.4 is 0 Å². The van der Waals surface area contributed by atoms with Gasteiger partial charge in [0.15, 0.2) is 11.6 Å². The maximum absolute atomic E-state index is 12.8. The zero-order valence-corrected chi connectivity index (χ0v) is 17.2. The summed E-state index contributed by atoms with van der Waals surface area (Å²) in [4.78, 5) is 35.9. The molecule has 0 heterocycles. The van der Waals surface area contributed by atoms with E-state index in [1.165, 1.54) is 12.5 Å². The molecule has 4 aliphatic rings. The van der Waals surface area contributed by atoms with Crippen molar-refractivity contribution >= 4 is 17.5 Å². The molecule has 0 amide bonds. The number of ketones is 2. The molecule has 5 nitrogen and oxygen atoms in total. The van der Waals surface area contributed by atoms with Gasteiger partial charge in [0.1, 0.15) is 6.61 Å². The Morgan fingerprint density at radius 1 is 1.21 bits per heavy atom. The third kappa shape index (κ3) is 2.89. The largest absolute Gasteiger partial charge is 0.458 e. The van der Waals surface area contributed by atoms with Crippen LogP contribution in [0.5, 0.6) is 0 Å². The summed E-state index contributed by atoms with van der Waals surface area (Å²) in [5.74, 6) is 0.473. The van der Waals surface area contributed by atoms with E-state index in [4.69, 9.17) is 4.74 Å². The second kappa shape index (κ2) is 6.79. The van der Waals surface area contributed by atoms with Crippen LogP contribution in [0.4, 0.5) is 0 Å². The van der Waals surface area contributed by atoms with E-state index in [2.05, 4.69) is 13.8 Å². The lowest BCUT2D eigenvalue weighted by molar-refractivity contribution is -0.149. The van der Waals surface area contributed by atoms with Gasteiger partial charge in [0.05, 0.1) is 6.10 Å². The molecule has 0 radical (unpaired) electrons. The molecular formula is C23H32O5. The Bertz CT molecular complexity index is 739. The minimum Gasteiger partial charge on any atom is -0.458 e. The van der Waals surface area contributed by atoms with E-state index in [0.717, 1.165) is 32.1 Å². The van der Waals surface area contributed by atoms with Crippen molar-refractivity contribution in [3.63, 3.8) is 0 Å². The molecule has 1 N–H and O–H groups in total. The summed E-state index contributed by atoms with van der Waals surface area (Å²) in [6.07, 6.45) is 7.27. The van der Waals surface area contributed by atoms with Crippen LogP contribution in [-0.2, 0) is 19.1 Å². The maximum atomic E-state index is 12.8. The van der Waals surface area contributed by atoms with E-state index in [1.807, 2.05) is 6.08 Å². The van der Waals surface area contributed by atoms with Crippen LogP contribution >= 0.6 is 0 Å². The Morgan fingerprint density at radius 3 is 2.68 bits per heavy atom. The molecule has 0 aromatic rings. The van der Waals surface area contributed by atoms with Gasteiger partial charge in [-0.05, 0) is 73.2 Å². The number of carbonyl (C=O) groups is 3. The van der Waals surface area contributed by atoms with E-state index >= 15 is 0 Å². The normalized spacial score (nSPS) is 44.8. The van der Waals surface area contributed by atoms with Crippen molar-refractivity contribution in [1.82, 2.24) is 0 Å². The maximum Gasteiger partial charge on any atom is 0.303 e. The second-order valence-electron chi connectivity index (χ2n) is 10.0. The van der Waals surface area contributed by atoms with Crippen molar-refractivity contribution in [2.75, 3.05) is 6.61 Å². The lowest BCUT2D eigenvalue weighted by Crippen LogP contribution is -2.53. The first kappa shape index (κ1) is 19.8. The fourth-order valence-corrected chi connectivity index (χ4v) is 7.40. The summed E-state index contributed by atoms with van der Waals surface area (Å²) in [6, 6.07) is 0. The minimum absolute atomic E-state index is 0.0523. The zero-order valence-electron chi connectivity index (χ0n) is 17.2. The van der Waals surface area contributed by atoms with Crippen LogP contribution in [0.1, 0.15) is 65.7 Å². The Morgan fingerprint density at radius 2 is 1.96 bits per heavy atom. The van der Waals surface area contributed by atoms with Crippen molar-refractivity contribution in [3.8, 4) is 0 Å². The van der Waals surface area contributed by atoms with Gasteiger partial charge in [-0.15, -0.1) is 0 Å². The Balaban J connectivity index is 1.60. The highest BCUT2D eigenvalue weighted by Crippen LogP contribution is 2.66. The zero-order chi connectivity index (χ0) is 20.3. The van der Waals surface area contributed by atoms with Crippen LogP contribution in [0.3, 0.4) is 0 Å². The van der Waals surface area contributed by atoms with Crippen molar-refractivity contribution < 1.29 is 24.2 Å². The van der Waals surface area contributed by atoms with Gasteiger partial charge in [-0.2, -0.15) is 0 Å². The van der Waals surface area contributed by atoms with Crippen LogP contribution in [0.15, 0.2) is 11.6 Å². The number of allylic oxidation sites excluding steroid dienone is 1. The molecule has 4 aliphatic carbocycles. The molecule has 28 heavy (non-hydrogen) atoms. The SMILES string of the molecule is CC(=O)OCC(=O)[C@H]1CC(O)[C@H]2[C@@H]3CCC4=CC(=O)CC[C@]4(C)[C@H]3CC[C@]12C. The fraction of sp³-hybridized carbons (Fsp3) is 0.783. The smallest absolute Gasteiger partial charge is 0.303 e. The van der Waals surface area contributed by atoms with Crippen molar-refractivity contribution in [2.24, 2.45) is 34.5 Å². The molecule has 154 valence electrons. The first-order valence-electron chi connectivity index (χ1n) is 10.7. The minimum atomic E-state index is -0.483. The number of carbonyl (C=O) groups excluding carboxylic acids is 3. The number of Topliss-reactive ketones (excluding diaryl/α,β-unsaturated/α-hetero) is 1. The van der Waals surface area contributed by atoms with Crippen molar-refractivity contribution in [3.05, 3.63) is 11.6 Å². The van der Waals surface area contributed by atoms with Gasteiger partial charge >= 0.3 is 5.97 Å². The van der Waals surface area contributed by atoms with Gasteiger partial charge in [0, 0.05) is 19.3 Å². The first-order chi connectivity index (χ1) is 13.2. The number of aliphatic hydroxyl groups excluding tert-OH is 1. The van der Waals surface area contributed by atoms with E-state index < -0.39 is 12.1 Å². The molecule has 0 spiro atoms. The van der Waals surface area contributed by atoms with Crippen LogP contribution in [0, 0.1) is 34.5 Å². The summed E-state index contributed by atoms with van der Waals surface area (Å²) in [6.45, 7) is 5.61. The number of aliphatic hydroxyl groups is 1. The number of ether oxygens (including phenoxy) is 1. The van der Waals surface area contributed by atoms with Crippen molar-refractivity contribution in [1.29, 1.82) is 0 Å². The third-order valence-electron chi connectivity index (χ3n) is 8.75. The molecule has 3 fully saturated rings. The topological polar surface area (TPSA) is 80.7 Å². The lowest BCUT2D eigenvalue weighted by Gasteiger charge is -2.58. The molecule has 0 aromatic heterocycles. The van der Waals surface area contributed by atoms with Gasteiger partial charge < -0.3 is 9.84 Å². The van der Waals surface area contributed by atoms with E-state index in [1.54, 1.807) is 0 Å². The average Bonchev–Trinajstić information content (AvgIpc) is 2.91. The molecule has 0 bridgehead atoms. The molecule has 0 aliphatic heterocycles. The standard InChI is InChI=1S/C23H32O5/c1-13(24)28-12-20(27)18-11-19(26)21-16-5-4-14-10-15(25)6-8-22(14,2)17(16)7-9-23(18,21)3/h10,16-19,21,26H,4-9,11-12H2,1-3H3/t16-,17+,18-,19?,21-,22+,23-/m1/s1. The quantitative estimate of drug-likeness (QED) is 0.751. The number of fused-ring (bicyclic) bond motifs is 5. The van der Waals surface area contributed by atoms with E-state index in [9.17, 15) is 19.5 Å².